The van der Waals surface area contributed by atoms with E-state index in [4.69, 9.17) is 11.6 Å². The zero-order chi connectivity index (χ0) is 15.6. The molecule has 0 spiro atoms. The third-order valence-corrected chi connectivity index (χ3v) is 5.83. The van der Waals surface area contributed by atoms with E-state index >= 15 is 0 Å². The Morgan fingerprint density at radius 1 is 1.00 bits per heavy atom. The first-order valence-electron chi connectivity index (χ1n) is 7.36. The van der Waals surface area contributed by atoms with Crippen molar-refractivity contribution in [3.05, 3.63) is 64.7 Å². The SMILES string of the molecule is O=S(=O)(NCCC1Cc2ccccc2C1)c1ccc(Cl)cc1. The van der Waals surface area contributed by atoms with Gasteiger partial charge < -0.3 is 0 Å². The fourth-order valence-corrected chi connectivity index (χ4v) is 4.12. The fraction of sp³-hybridized carbons (Fsp3) is 0.294. The molecule has 0 saturated carbocycles. The van der Waals surface area contributed by atoms with E-state index in [0.29, 0.717) is 17.5 Å². The number of hydrogen-bond acceptors (Lipinski definition) is 2. The van der Waals surface area contributed by atoms with Gasteiger partial charge in [-0.15, -0.1) is 0 Å². The van der Waals surface area contributed by atoms with Gasteiger partial charge in [0.15, 0.2) is 0 Å². The van der Waals surface area contributed by atoms with E-state index in [1.165, 1.54) is 23.3 Å². The largest absolute Gasteiger partial charge is 0.240 e. The highest BCUT2D eigenvalue weighted by Crippen LogP contribution is 2.28. The minimum Gasteiger partial charge on any atom is -0.211 e. The molecular formula is C17H18ClNO2S. The minimum absolute atomic E-state index is 0.256. The zero-order valence-corrected chi connectivity index (χ0v) is 13.7. The van der Waals surface area contributed by atoms with Gasteiger partial charge in [-0.25, -0.2) is 13.1 Å². The van der Waals surface area contributed by atoms with Crippen molar-refractivity contribution in [1.82, 2.24) is 4.72 Å². The summed E-state index contributed by atoms with van der Waals surface area (Å²) < 4.78 is 27.0. The number of rotatable bonds is 5. The van der Waals surface area contributed by atoms with Gasteiger partial charge in [-0.2, -0.15) is 0 Å². The molecule has 2 aromatic carbocycles. The minimum atomic E-state index is -3.44. The Bertz CT molecular complexity index is 731. The van der Waals surface area contributed by atoms with Crippen LogP contribution in [0.3, 0.4) is 0 Å². The maximum atomic E-state index is 12.2. The molecule has 1 aliphatic rings. The van der Waals surface area contributed by atoms with E-state index < -0.39 is 10.0 Å². The zero-order valence-electron chi connectivity index (χ0n) is 12.1. The van der Waals surface area contributed by atoms with Crippen molar-refractivity contribution in [2.75, 3.05) is 6.54 Å². The van der Waals surface area contributed by atoms with Crippen LogP contribution >= 0.6 is 11.6 Å². The van der Waals surface area contributed by atoms with Crippen LogP contribution in [0.2, 0.25) is 5.02 Å². The highest BCUT2D eigenvalue weighted by Gasteiger charge is 2.21. The Balaban J connectivity index is 1.54. The van der Waals surface area contributed by atoms with Gasteiger partial charge >= 0.3 is 0 Å². The van der Waals surface area contributed by atoms with Gasteiger partial charge in [0.1, 0.15) is 0 Å². The summed E-state index contributed by atoms with van der Waals surface area (Å²) in [5.41, 5.74) is 2.79. The molecule has 3 rings (SSSR count). The second-order valence-electron chi connectivity index (χ2n) is 5.68. The van der Waals surface area contributed by atoms with Gasteiger partial charge in [0, 0.05) is 11.6 Å². The normalized spacial score (nSPS) is 15.0. The van der Waals surface area contributed by atoms with Crippen molar-refractivity contribution in [3.8, 4) is 0 Å². The van der Waals surface area contributed by atoms with E-state index in [1.54, 1.807) is 12.1 Å². The monoisotopic (exact) mass is 335 g/mol. The summed E-state index contributed by atoms with van der Waals surface area (Å²) in [6.45, 7) is 0.462. The Kier molecular flexibility index (Phi) is 4.52. The third kappa shape index (κ3) is 3.51. The molecule has 0 unspecified atom stereocenters. The van der Waals surface area contributed by atoms with Crippen molar-refractivity contribution in [1.29, 1.82) is 0 Å². The van der Waals surface area contributed by atoms with Crippen molar-refractivity contribution in [3.63, 3.8) is 0 Å². The fourth-order valence-electron chi connectivity index (χ4n) is 2.95. The summed E-state index contributed by atoms with van der Waals surface area (Å²) in [7, 11) is -3.44. The summed E-state index contributed by atoms with van der Waals surface area (Å²) in [5.74, 6) is 0.519. The third-order valence-electron chi connectivity index (χ3n) is 4.10. The highest BCUT2D eigenvalue weighted by molar-refractivity contribution is 7.89. The average molecular weight is 336 g/mol. The van der Waals surface area contributed by atoms with Crippen LogP contribution in [0, 0.1) is 5.92 Å². The molecule has 1 aliphatic carbocycles. The van der Waals surface area contributed by atoms with Gasteiger partial charge in [0.05, 0.1) is 4.90 Å². The second-order valence-corrected chi connectivity index (χ2v) is 7.89. The molecule has 5 heteroatoms. The number of halogens is 1. The van der Waals surface area contributed by atoms with Crippen LogP contribution in [0.1, 0.15) is 17.5 Å². The Morgan fingerprint density at radius 2 is 1.59 bits per heavy atom. The molecule has 0 aromatic heterocycles. The van der Waals surface area contributed by atoms with Gasteiger partial charge in [-0.3, -0.25) is 0 Å². The number of sulfonamides is 1. The second kappa shape index (κ2) is 6.41. The summed E-state index contributed by atoms with van der Waals surface area (Å²) in [5, 5.41) is 0.530. The van der Waals surface area contributed by atoms with E-state index in [-0.39, 0.29) is 4.90 Å². The molecule has 0 aliphatic heterocycles. The number of fused-ring (bicyclic) bond motifs is 1. The van der Waals surface area contributed by atoms with Crippen LogP contribution in [0.25, 0.3) is 0 Å². The lowest BCUT2D eigenvalue weighted by molar-refractivity contribution is 0.504. The molecule has 116 valence electrons. The Hall–Kier alpha value is -1.36. The van der Waals surface area contributed by atoms with Crippen molar-refractivity contribution in [2.24, 2.45) is 5.92 Å². The van der Waals surface area contributed by atoms with Crippen LogP contribution < -0.4 is 4.72 Å². The molecule has 0 fully saturated rings. The van der Waals surface area contributed by atoms with Gasteiger partial charge in [-0.1, -0.05) is 35.9 Å². The molecule has 0 heterocycles. The maximum absolute atomic E-state index is 12.2. The molecule has 2 aromatic rings. The molecule has 0 amide bonds. The summed E-state index contributed by atoms with van der Waals surface area (Å²) in [4.78, 5) is 0.256. The lowest BCUT2D eigenvalue weighted by atomic mass is 10.0. The molecule has 0 radical (unpaired) electrons. The lowest BCUT2D eigenvalue weighted by Crippen LogP contribution is -2.26. The summed E-state index contributed by atoms with van der Waals surface area (Å²) in [6, 6.07) is 14.7. The molecule has 3 nitrogen and oxygen atoms in total. The number of benzene rings is 2. The predicted octanol–water partition coefficient (Wildman–Crippen LogP) is 3.42. The van der Waals surface area contributed by atoms with E-state index in [0.717, 1.165) is 19.3 Å². The summed E-state index contributed by atoms with van der Waals surface area (Å²) in [6.07, 6.45) is 2.93. The van der Waals surface area contributed by atoms with Crippen LogP contribution in [-0.2, 0) is 22.9 Å². The van der Waals surface area contributed by atoms with Gasteiger partial charge in [0.2, 0.25) is 10.0 Å². The Morgan fingerprint density at radius 3 is 2.18 bits per heavy atom. The van der Waals surface area contributed by atoms with Crippen LogP contribution in [0.5, 0.6) is 0 Å². The highest BCUT2D eigenvalue weighted by atomic mass is 35.5. The predicted molar refractivity (Wildman–Crippen MR) is 88.6 cm³/mol. The van der Waals surface area contributed by atoms with Crippen molar-refractivity contribution < 1.29 is 8.42 Å². The van der Waals surface area contributed by atoms with E-state index in [1.807, 2.05) is 0 Å². The Labute approximate surface area is 136 Å². The molecule has 0 saturated heterocycles. The first-order chi connectivity index (χ1) is 10.5. The molecule has 22 heavy (non-hydrogen) atoms. The number of nitrogens with one attached hydrogen (secondary N) is 1. The van der Waals surface area contributed by atoms with Crippen LogP contribution in [0.4, 0.5) is 0 Å². The summed E-state index contributed by atoms with van der Waals surface area (Å²) >= 11 is 5.78. The van der Waals surface area contributed by atoms with Crippen LogP contribution in [-0.4, -0.2) is 15.0 Å². The molecular weight excluding hydrogens is 318 g/mol. The van der Waals surface area contributed by atoms with Gasteiger partial charge in [-0.05, 0) is 60.6 Å². The average Bonchev–Trinajstić information content (AvgIpc) is 2.90. The first kappa shape index (κ1) is 15.5. The molecule has 0 bridgehead atoms. The standard InChI is InChI=1S/C17H18ClNO2S/c18-16-5-7-17(8-6-16)22(20,21)19-10-9-13-11-14-3-1-2-4-15(14)12-13/h1-8,13,19H,9-12H2. The lowest BCUT2D eigenvalue weighted by Gasteiger charge is -2.10. The van der Waals surface area contributed by atoms with Crippen molar-refractivity contribution in [2.45, 2.75) is 24.2 Å². The van der Waals surface area contributed by atoms with E-state index in [2.05, 4.69) is 29.0 Å². The maximum Gasteiger partial charge on any atom is 0.240 e. The quantitative estimate of drug-likeness (QED) is 0.910. The van der Waals surface area contributed by atoms with Crippen LogP contribution in [0.15, 0.2) is 53.4 Å². The van der Waals surface area contributed by atoms with Crippen molar-refractivity contribution >= 4 is 21.6 Å². The van der Waals surface area contributed by atoms with E-state index in [9.17, 15) is 8.42 Å². The molecule has 0 atom stereocenters. The smallest absolute Gasteiger partial charge is 0.211 e. The topological polar surface area (TPSA) is 46.2 Å². The number of hydrogen-bond donors (Lipinski definition) is 1. The molecule has 1 N–H and O–H groups in total. The van der Waals surface area contributed by atoms with Gasteiger partial charge in [0.25, 0.3) is 0 Å². The first-order valence-corrected chi connectivity index (χ1v) is 9.23.